The van der Waals surface area contributed by atoms with Crippen LogP contribution < -0.4 is 19.7 Å². The van der Waals surface area contributed by atoms with Crippen LogP contribution in [-0.4, -0.2) is 62.2 Å². The van der Waals surface area contributed by atoms with Gasteiger partial charge in [0, 0.05) is 32.0 Å². The van der Waals surface area contributed by atoms with E-state index in [1.54, 1.807) is 24.4 Å². The summed E-state index contributed by atoms with van der Waals surface area (Å²) in [5, 5.41) is 3.23. The van der Waals surface area contributed by atoms with Gasteiger partial charge in [-0.1, -0.05) is 11.6 Å². The summed E-state index contributed by atoms with van der Waals surface area (Å²) >= 11 is 6.39. The topological polar surface area (TPSA) is 95.0 Å². The molecule has 2 aliphatic heterocycles. The van der Waals surface area contributed by atoms with Gasteiger partial charge in [0.05, 0.1) is 38.7 Å². The van der Waals surface area contributed by atoms with Gasteiger partial charge >= 0.3 is 0 Å². The lowest BCUT2D eigenvalue weighted by Crippen LogP contribution is -2.50. The van der Waals surface area contributed by atoms with Crippen LogP contribution in [0.25, 0.3) is 6.08 Å². The van der Waals surface area contributed by atoms with Crippen molar-refractivity contribution in [3.05, 3.63) is 41.3 Å². The van der Waals surface area contributed by atoms with Gasteiger partial charge in [-0.25, -0.2) is 9.97 Å². The maximum atomic E-state index is 12.6. The zero-order valence-electron chi connectivity index (χ0n) is 18.7. The third-order valence-electron chi connectivity index (χ3n) is 5.72. The maximum Gasteiger partial charge on any atom is 0.248 e. The number of rotatable bonds is 6. The van der Waals surface area contributed by atoms with Crippen molar-refractivity contribution >= 4 is 35.1 Å². The molecule has 1 N–H and O–H groups in total. The fourth-order valence-corrected chi connectivity index (χ4v) is 4.30. The first-order valence-corrected chi connectivity index (χ1v) is 11.2. The number of carbonyl (C=O) groups is 1. The molecule has 3 heterocycles. The third kappa shape index (κ3) is 5.21. The highest BCUT2D eigenvalue weighted by Gasteiger charge is 2.39. The van der Waals surface area contributed by atoms with Crippen molar-refractivity contribution in [2.75, 3.05) is 50.7 Å². The van der Waals surface area contributed by atoms with Crippen molar-refractivity contribution in [2.45, 2.75) is 25.0 Å². The highest BCUT2D eigenvalue weighted by molar-refractivity contribution is 6.34. The minimum absolute atomic E-state index is 0.329. The number of aromatic nitrogens is 2. The van der Waals surface area contributed by atoms with Crippen LogP contribution in [0, 0.1) is 0 Å². The van der Waals surface area contributed by atoms with E-state index in [4.69, 9.17) is 30.5 Å². The van der Waals surface area contributed by atoms with E-state index in [9.17, 15) is 4.79 Å². The van der Waals surface area contributed by atoms with Gasteiger partial charge in [0.15, 0.2) is 23.1 Å². The van der Waals surface area contributed by atoms with Crippen LogP contribution in [0.3, 0.4) is 0 Å². The van der Waals surface area contributed by atoms with Gasteiger partial charge in [-0.2, -0.15) is 0 Å². The zero-order valence-corrected chi connectivity index (χ0v) is 19.4. The molecule has 0 atom stereocenters. The molecule has 176 valence electrons. The van der Waals surface area contributed by atoms with E-state index in [-0.39, 0.29) is 5.91 Å². The predicted octanol–water partition coefficient (Wildman–Crippen LogP) is 3.53. The van der Waals surface area contributed by atoms with Crippen LogP contribution in [-0.2, 0) is 14.3 Å². The Morgan fingerprint density at radius 1 is 1.21 bits per heavy atom. The predicted molar refractivity (Wildman–Crippen MR) is 125 cm³/mol. The summed E-state index contributed by atoms with van der Waals surface area (Å²) in [5.74, 6) is 0.773. The number of hydrogen-bond acceptors (Lipinski definition) is 8. The fraction of sp³-hybridized carbons (Fsp3) is 0.435. The Hall–Kier alpha value is -2.88. The third-order valence-corrected chi connectivity index (χ3v) is 6.11. The smallest absolute Gasteiger partial charge is 0.248 e. The van der Waals surface area contributed by atoms with Gasteiger partial charge in [-0.15, -0.1) is 0 Å². The summed E-state index contributed by atoms with van der Waals surface area (Å²) < 4.78 is 22.4. The molecule has 2 aromatic rings. The average Bonchev–Trinajstić information content (AvgIpc) is 2.84. The lowest BCUT2D eigenvalue weighted by atomic mass is 10.0. The minimum Gasteiger partial charge on any atom is -0.493 e. The Bertz CT molecular complexity index is 1020. The van der Waals surface area contributed by atoms with Gasteiger partial charge in [0.1, 0.15) is 12.0 Å². The van der Waals surface area contributed by atoms with Crippen molar-refractivity contribution in [1.82, 2.24) is 9.97 Å². The fourth-order valence-electron chi connectivity index (χ4n) is 4.00. The average molecular weight is 475 g/mol. The Balaban J connectivity index is 1.43. The van der Waals surface area contributed by atoms with Crippen molar-refractivity contribution in [3.8, 4) is 11.5 Å². The highest BCUT2D eigenvalue weighted by Crippen LogP contribution is 2.38. The summed E-state index contributed by atoms with van der Waals surface area (Å²) in [6, 6.07) is 3.48. The van der Waals surface area contributed by atoms with E-state index in [1.807, 2.05) is 0 Å². The first-order chi connectivity index (χ1) is 16.0. The number of piperidine rings is 1. The Morgan fingerprint density at radius 2 is 1.97 bits per heavy atom. The number of methoxy groups -OCH3 is 2. The molecule has 1 spiro atoms. The molecule has 2 aliphatic rings. The maximum absolute atomic E-state index is 12.6. The number of anilines is 2. The Labute approximate surface area is 197 Å². The molecule has 4 rings (SSSR count). The second kappa shape index (κ2) is 10.4. The molecule has 9 nitrogen and oxygen atoms in total. The number of benzene rings is 1. The summed E-state index contributed by atoms with van der Waals surface area (Å²) in [6.07, 6.45) is 8.49. The number of nitrogens with zero attached hydrogens (tertiary/aromatic N) is 3. The van der Waals surface area contributed by atoms with Gasteiger partial charge < -0.3 is 29.2 Å². The van der Waals surface area contributed by atoms with Crippen molar-refractivity contribution in [2.24, 2.45) is 0 Å². The van der Waals surface area contributed by atoms with Gasteiger partial charge in [0.25, 0.3) is 0 Å². The summed E-state index contributed by atoms with van der Waals surface area (Å²) in [4.78, 5) is 23.2. The molecule has 1 aromatic carbocycles. The molecule has 2 saturated heterocycles. The molecule has 1 aromatic heterocycles. The Kier molecular flexibility index (Phi) is 7.32. The van der Waals surface area contributed by atoms with E-state index < -0.39 is 5.79 Å². The van der Waals surface area contributed by atoms with Crippen LogP contribution in [0.15, 0.2) is 30.7 Å². The molecule has 0 saturated carbocycles. The van der Waals surface area contributed by atoms with Crippen LogP contribution in [0.5, 0.6) is 11.5 Å². The molecule has 33 heavy (non-hydrogen) atoms. The number of ether oxygens (including phenoxy) is 4. The van der Waals surface area contributed by atoms with Crippen molar-refractivity contribution in [1.29, 1.82) is 0 Å². The van der Waals surface area contributed by atoms with E-state index >= 15 is 0 Å². The second-order valence-corrected chi connectivity index (χ2v) is 8.11. The molecular formula is C23H27ClN4O5. The normalized spacial score (nSPS) is 17.8. The molecule has 0 radical (unpaired) electrons. The monoisotopic (exact) mass is 474 g/mol. The first kappa shape index (κ1) is 23.3. The number of amides is 1. The van der Waals surface area contributed by atoms with E-state index in [0.717, 1.165) is 32.5 Å². The number of hydrogen-bond donors (Lipinski definition) is 1. The van der Waals surface area contributed by atoms with Gasteiger partial charge in [-0.05, 0) is 30.2 Å². The summed E-state index contributed by atoms with van der Waals surface area (Å²) in [6.45, 7) is 2.87. The standard InChI is InChI=1S/C23H27ClN4O5/c1-30-18-6-4-16(20(24)21(18)31-2)5-7-19(29)27-17-14-25-15-26-22(17)28-10-8-23(9-11-28)32-12-3-13-33-23/h4-7,14-15H,3,8-13H2,1-2H3,(H,27,29). The number of nitrogens with one attached hydrogen (secondary N) is 1. The molecule has 2 fully saturated rings. The molecular weight excluding hydrogens is 448 g/mol. The molecule has 0 bridgehead atoms. The zero-order chi connectivity index (χ0) is 23.3. The van der Waals surface area contributed by atoms with E-state index in [0.29, 0.717) is 46.7 Å². The quantitative estimate of drug-likeness (QED) is 0.635. The van der Waals surface area contributed by atoms with E-state index in [1.165, 1.54) is 26.6 Å². The van der Waals surface area contributed by atoms with Crippen LogP contribution in [0.2, 0.25) is 5.02 Å². The molecule has 0 unspecified atom stereocenters. The lowest BCUT2D eigenvalue weighted by Gasteiger charge is -2.43. The number of carbonyl (C=O) groups excluding carboxylic acids is 1. The van der Waals surface area contributed by atoms with Crippen LogP contribution in [0.4, 0.5) is 11.5 Å². The summed E-state index contributed by atoms with van der Waals surface area (Å²) in [7, 11) is 3.05. The van der Waals surface area contributed by atoms with Gasteiger partial charge in [-0.3, -0.25) is 4.79 Å². The van der Waals surface area contributed by atoms with Crippen LogP contribution >= 0.6 is 11.6 Å². The van der Waals surface area contributed by atoms with Crippen LogP contribution in [0.1, 0.15) is 24.8 Å². The van der Waals surface area contributed by atoms with Gasteiger partial charge in [0.2, 0.25) is 5.91 Å². The Morgan fingerprint density at radius 3 is 2.67 bits per heavy atom. The van der Waals surface area contributed by atoms with Crippen molar-refractivity contribution in [3.63, 3.8) is 0 Å². The van der Waals surface area contributed by atoms with E-state index in [2.05, 4.69) is 20.2 Å². The minimum atomic E-state index is -0.493. The molecule has 10 heteroatoms. The SMILES string of the molecule is COc1ccc(C=CC(=O)Nc2cncnc2N2CCC3(CC2)OCCCO3)c(Cl)c1OC. The van der Waals surface area contributed by atoms with Crippen molar-refractivity contribution < 1.29 is 23.7 Å². The largest absolute Gasteiger partial charge is 0.493 e. The first-order valence-electron chi connectivity index (χ1n) is 10.8. The highest BCUT2D eigenvalue weighted by atomic mass is 35.5. The number of halogens is 1. The summed E-state index contributed by atoms with van der Waals surface area (Å²) in [5.41, 5.74) is 1.16. The molecule has 1 amide bonds. The second-order valence-electron chi connectivity index (χ2n) is 7.74. The molecule has 0 aliphatic carbocycles. The lowest BCUT2D eigenvalue weighted by molar-refractivity contribution is -0.275.